The van der Waals surface area contributed by atoms with Crippen LogP contribution in [0.15, 0.2) is 77.5 Å². The standard InChI is InChI=1S/C28H29N5O3/c1-21-18-24(30-36-21)20-31-14-16-32(17-15-31)27(34)13-10-23-19-33(25-6-4-3-5-7-25)29-28(23)22-8-11-26(35-2)12-9-22/h3-13,18-19H,14-17,20H2,1-2H3. The molecule has 2 aromatic carbocycles. The molecule has 0 radical (unpaired) electrons. The molecule has 0 saturated carbocycles. The highest BCUT2D eigenvalue weighted by molar-refractivity contribution is 5.93. The molecule has 1 amide bonds. The zero-order valence-electron chi connectivity index (χ0n) is 20.5. The third-order valence-electron chi connectivity index (χ3n) is 6.28. The van der Waals surface area contributed by atoms with Gasteiger partial charge in [-0.3, -0.25) is 9.69 Å². The Morgan fingerprint density at radius 1 is 1.06 bits per heavy atom. The molecule has 1 aliphatic rings. The first kappa shape index (κ1) is 23.6. The summed E-state index contributed by atoms with van der Waals surface area (Å²) in [7, 11) is 1.65. The number of carbonyl (C=O) groups excluding carboxylic acids is 1. The van der Waals surface area contributed by atoms with Gasteiger partial charge in [0.25, 0.3) is 0 Å². The number of hydrogen-bond acceptors (Lipinski definition) is 6. The number of rotatable bonds is 7. The van der Waals surface area contributed by atoms with Crippen molar-refractivity contribution >= 4 is 12.0 Å². The Labute approximate surface area is 210 Å². The number of methoxy groups -OCH3 is 1. The third-order valence-corrected chi connectivity index (χ3v) is 6.28. The van der Waals surface area contributed by atoms with Gasteiger partial charge in [0.1, 0.15) is 11.5 Å². The SMILES string of the molecule is COc1ccc(-c2nn(-c3ccccc3)cc2C=CC(=O)N2CCN(Cc3cc(C)on3)CC2)cc1. The molecule has 1 aliphatic heterocycles. The maximum atomic E-state index is 13.0. The van der Waals surface area contributed by atoms with E-state index >= 15 is 0 Å². The average Bonchev–Trinajstić information content (AvgIpc) is 3.54. The first-order valence-corrected chi connectivity index (χ1v) is 12.0. The molecular formula is C28H29N5O3. The summed E-state index contributed by atoms with van der Waals surface area (Å²) >= 11 is 0. The number of hydrogen-bond donors (Lipinski definition) is 0. The second kappa shape index (κ2) is 10.6. The molecule has 8 heteroatoms. The van der Waals surface area contributed by atoms with E-state index in [2.05, 4.69) is 10.1 Å². The summed E-state index contributed by atoms with van der Waals surface area (Å²) in [5.74, 6) is 1.60. The minimum absolute atomic E-state index is 0.0000672. The van der Waals surface area contributed by atoms with Gasteiger partial charge in [-0.1, -0.05) is 23.4 Å². The molecule has 3 heterocycles. The minimum atomic E-state index is 0.0000672. The van der Waals surface area contributed by atoms with Crippen molar-refractivity contribution in [3.8, 4) is 22.7 Å². The Bertz CT molecular complexity index is 1330. The number of nitrogens with zero attached hydrogens (tertiary/aromatic N) is 5. The molecule has 0 spiro atoms. The Balaban J connectivity index is 1.30. The summed E-state index contributed by atoms with van der Waals surface area (Å²) in [6, 6.07) is 19.7. The van der Waals surface area contributed by atoms with Gasteiger partial charge in [-0.25, -0.2) is 4.68 Å². The van der Waals surface area contributed by atoms with E-state index < -0.39 is 0 Å². The van der Waals surface area contributed by atoms with Crippen LogP contribution in [0.2, 0.25) is 0 Å². The Morgan fingerprint density at radius 3 is 2.47 bits per heavy atom. The lowest BCUT2D eigenvalue weighted by Crippen LogP contribution is -2.47. The van der Waals surface area contributed by atoms with Crippen molar-refractivity contribution in [2.24, 2.45) is 0 Å². The van der Waals surface area contributed by atoms with Gasteiger partial charge in [0, 0.05) is 62.2 Å². The Kier molecular flexibility index (Phi) is 6.95. The van der Waals surface area contributed by atoms with Crippen molar-refractivity contribution < 1.29 is 14.1 Å². The normalized spacial score (nSPS) is 14.4. The molecule has 0 unspecified atom stereocenters. The van der Waals surface area contributed by atoms with Gasteiger partial charge in [-0.15, -0.1) is 0 Å². The monoisotopic (exact) mass is 483 g/mol. The molecule has 184 valence electrons. The largest absolute Gasteiger partial charge is 0.497 e. The van der Waals surface area contributed by atoms with Crippen LogP contribution in [-0.2, 0) is 11.3 Å². The number of piperazine rings is 1. The molecule has 1 fully saturated rings. The van der Waals surface area contributed by atoms with Crippen molar-refractivity contribution in [1.82, 2.24) is 24.7 Å². The van der Waals surface area contributed by atoms with Crippen LogP contribution < -0.4 is 4.74 Å². The summed E-state index contributed by atoms with van der Waals surface area (Å²) in [6.45, 7) is 5.58. The van der Waals surface area contributed by atoms with E-state index in [4.69, 9.17) is 14.4 Å². The Morgan fingerprint density at radius 2 is 1.81 bits per heavy atom. The third kappa shape index (κ3) is 5.39. The maximum Gasteiger partial charge on any atom is 0.246 e. The zero-order valence-corrected chi connectivity index (χ0v) is 20.5. The average molecular weight is 484 g/mol. The van der Waals surface area contributed by atoms with Crippen LogP contribution >= 0.6 is 0 Å². The molecule has 0 N–H and O–H groups in total. The van der Waals surface area contributed by atoms with Crippen LogP contribution in [0.25, 0.3) is 23.0 Å². The number of amides is 1. The van der Waals surface area contributed by atoms with Crippen LogP contribution in [0.3, 0.4) is 0 Å². The van der Waals surface area contributed by atoms with Gasteiger partial charge < -0.3 is 14.2 Å². The van der Waals surface area contributed by atoms with Crippen LogP contribution in [0.4, 0.5) is 0 Å². The van der Waals surface area contributed by atoms with Crippen LogP contribution in [0, 0.1) is 6.92 Å². The highest BCUT2D eigenvalue weighted by Gasteiger charge is 2.21. The van der Waals surface area contributed by atoms with E-state index in [-0.39, 0.29) is 5.91 Å². The van der Waals surface area contributed by atoms with E-state index in [1.807, 2.05) is 89.4 Å². The molecule has 1 saturated heterocycles. The zero-order chi connectivity index (χ0) is 24.9. The van der Waals surface area contributed by atoms with Crippen molar-refractivity contribution in [2.75, 3.05) is 33.3 Å². The van der Waals surface area contributed by atoms with E-state index in [0.717, 1.165) is 59.3 Å². The Hall–Kier alpha value is -4.17. The van der Waals surface area contributed by atoms with Crippen LogP contribution in [-0.4, -0.2) is 63.9 Å². The van der Waals surface area contributed by atoms with Crippen molar-refractivity contribution in [1.29, 1.82) is 0 Å². The molecule has 0 bridgehead atoms. The molecular weight excluding hydrogens is 454 g/mol. The van der Waals surface area contributed by atoms with Gasteiger partial charge in [0.2, 0.25) is 5.91 Å². The van der Waals surface area contributed by atoms with Gasteiger partial charge in [-0.05, 0) is 49.4 Å². The fourth-order valence-electron chi connectivity index (χ4n) is 4.31. The topological polar surface area (TPSA) is 76.6 Å². The lowest BCUT2D eigenvalue weighted by molar-refractivity contribution is -0.127. The fourth-order valence-corrected chi connectivity index (χ4v) is 4.31. The molecule has 36 heavy (non-hydrogen) atoms. The summed E-state index contributed by atoms with van der Waals surface area (Å²) in [6.07, 6.45) is 5.46. The summed E-state index contributed by atoms with van der Waals surface area (Å²) in [4.78, 5) is 17.2. The molecule has 0 atom stereocenters. The molecule has 8 nitrogen and oxygen atoms in total. The highest BCUT2D eigenvalue weighted by atomic mass is 16.5. The lowest BCUT2D eigenvalue weighted by Gasteiger charge is -2.33. The summed E-state index contributed by atoms with van der Waals surface area (Å²) < 4.78 is 12.3. The van der Waals surface area contributed by atoms with Gasteiger partial charge in [0.05, 0.1) is 24.2 Å². The smallest absolute Gasteiger partial charge is 0.246 e. The van der Waals surface area contributed by atoms with E-state index in [1.54, 1.807) is 13.2 Å². The minimum Gasteiger partial charge on any atom is -0.497 e. The number of aryl methyl sites for hydroxylation is 1. The second-order valence-corrected chi connectivity index (χ2v) is 8.81. The van der Waals surface area contributed by atoms with Gasteiger partial charge >= 0.3 is 0 Å². The number of para-hydroxylation sites is 1. The van der Waals surface area contributed by atoms with Crippen molar-refractivity contribution in [3.63, 3.8) is 0 Å². The lowest BCUT2D eigenvalue weighted by atomic mass is 10.1. The van der Waals surface area contributed by atoms with E-state index in [1.165, 1.54) is 0 Å². The number of ether oxygens (including phenoxy) is 1. The van der Waals surface area contributed by atoms with Crippen LogP contribution in [0.5, 0.6) is 5.75 Å². The van der Waals surface area contributed by atoms with Crippen molar-refractivity contribution in [2.45, 2.75) is 13.5 Å². The second-order valence-electron chi connectivity index (χ2n) is 8.81. The van der Waals surface area contributed by atoms with Crippen molar-refractivity contribution in [3.05, 3.63) is 90.0 Å². The quantitative estimate of drug-likeness (QED) is 0.367. The summed E-state index contributed by atoms with van der Waals surface area (Å²) in [5.41, 5.74) is 4.51. The van der Waals surface area contributed by atoms with Gasteiger partial charge in [-0.2, -0.15) is 5.10 Å². The first-order valence-electron chi connectivity index (χ1n) is 12.0. The molecule has 2 aromatic heterocycles. The maximum absolute atomic E-state index is 13.0. The van der Waals surface area contributed by atoms with E-state index in [9.17, 15) is 4.79 Å². The number of aromatic nitrogens is 3. The first-order chi connectivity index (χ1) is 17.6. The fraction of sp³-hybridized carbons (Fsp3) is 0.250. The van der Waals surface area contributed by atoms with E-state index in [0.29, 0.717) is 13.1 Å². The van der Waals surface area contributed by atoms with Crippen LogP contribution in [0.1, 0.15) is 17.0 Å². The molecule has 5 rings (SSSR count). The van der Waals surface area contributed by atoms with Gasteiger partial charge in [0.15, 0.2) is 0 Å². The number of carbonyl (C=O) groups is 1. The summed E-state index contributed by atoms with van der Waals surface area (Å²) in [5, 5.41) is 8.90. The number of benzene rings is 2. The molecule has 4 aromatic rings. The predicted octanol–water partition coefficient (Wildman–Crippen LogP) is 4.20. The molecule has 0 aliphatic carbocycles. The highest BCUT2D eigenvalue weighted by Crippen LogP contribution is 2.27. The predicted molar refractivity (Wildman–Crippen MR) is 138 cm³/mol.